The number of phenolic OH excluding ortho intramolecular Hbond substituents is 1. The van der Waals surface area contributed by atoms with Crippen molar-refractivity contribution in [1.82, 2.24) is 0 Å². The molecule has 100 valence electrons. The van der Waals surface area contributed by atoms with E-state index in [1.165, 1.54) is 12.1 Å². The number of hydrogen-bond acceptors (Lipinski definition) is 6. The second-order valence-corrected chi connectivity index (χ2v) is 5.08. The molecule has 2 aromatic carbocycles. The van der Waals surface area contributed by atoms with E-state index in [4.69, 9.17) is 5.73 Å². The molecule has 0 saturated heterocycles. The van der Waals surface area contributed by atoms with Gasteiger partial charge in [0.15, 0.2) is 5.75 Å². The molecule has 4 N–H and O–H groups in total. The van der Waals surface area contributed by atoms with Crippen molar-refractivity contribution >= 4 is 26.6 Å². The van der Waals surface area contributed by atoms with Crippen LogP contribution < -0.4 is 5.73 Å². The lowest BCUT2D eigenvalue weighted by atomic mass is 10.1. The summed E-state index contributed by atoms with van der Waals surface area (Å²) in [5.74, 6) is -0.222. The van der Waals surface area contributed by atoms with E-state index in [-0.39, 0.29) is 33.8 Å². The normalized spacial score (nSPS) is 12.3. The van der Waals surface area contributed by atoms with Crippen molar-refractivity contribution in [2.45, 2.75) is 4.90 Å². The number of nitrogens with zero attached hydrogens (tertiary/aromatic N) is 2. The molecule has 0 amide bonds. The van der Waals surface area contributed by atoms with E-state index in [1.54, 1.807) is 12.1 Å². The van der Waals surface area contributed by atoms with Crippen molar-refractivity contribution < 1.29 is 18.1 Å². The van der Waals surface area contributed by atoms with Gasteiger partial charge >= 0.3 is 0 Å². The van der Waals surface area contributed by atoms with Crippen molar-refractivity contribution in [3.8, 4) is 5.75 Å². The molecule has 0 unspecified atom stereocenters. The van der Waals surface area contributed by atoms with Gasteiger partial charge < -0.3 is 10.8 Å². The summed E-state index contributed by atoms with van der Waals surface area (Å²) in [5.41, 5.74) is 5.08. The smallest absolute Gasteiger partial charge is 0.295 e. The fraction of sp³-hybridized carbons (Fsp3) is 0.0909. The highest BCUT2D eigenvalue weighted by Crippen LogP contribution is 2.38. The van der Waals surface area contributed by atoms with Crippen LogP contribution in [0, 0.1) is 0 Å². The summed E-state index contributed by atoms with van der Waals surface area (Å²) in [6.07, 6.45) is 0. The Morgan fingerprint density at radius 1 is 1.21 bits per heavy atom. The third-order valence-electron chi connectivity index (χ3n) is 2.50. The lowest BCUT2D eigenvalue weighted by Crippen LogP contribution is -1.99. The Morgan fingerprint density at radius 3 is 2.42 bits per heavy atom. The van der Waals surface area contributed by atoms with Gasteiger partial charge in [-0.3, -0.25) is 4.55 Å². The van der Waals surface area contributed by atoms with Crippen LogP contribution in [-0.2, 0) is 10.1 Å². The Morgan fingerprint density at radius 2 is 1.84 bits per heavy atom. The standard InChI is InChI=1S/C11H11N3O4S/c12-6-13-14-9-5-10(19(16,17)18)7-3-1-2-4-8(7)11(9)15/h1-5,15H,6,12H2,(H,16,17,18). The quantitative estimate of drug-likeness (QED) is 0.584. The van der Waals surface area contributed by atoms with Crippen LogP contribution in [0.25, 0.3) is 10.8 Å². The van der Waals surface area contributed by atoms with Crippen LogP contribution >= 0.6 is 0 Å². The average molecular weight is 281 g/mol. The van der Waals surface area contributed by atoms with Gasteiger partial charge in [0, 0.05) is 10.8 Å². The minimum Gasteiger partial charge on any atom is -0.505 e. The van der Waals surface area contributed by atoms with E-state index >= 15 is 0 Å². The van der Waals surface area contributed by atoms with Gasteiger partial charge in [-0.15, -0.1) is 0 Å². The third kappa shape index (κ3) is 2.55. The zero-order valence-corrected chi connectivity index (χ0v) is 10.5. The summed E-state index contributed by atoms with van der Waals surface area (Å²) in [7, 11) is -4.44. The van der Waals surface area contributed by atoms with Gasteiger partial charge in [0.1, 0.15) is 17.3 Å². The van der Waals surface area contributed by atoms with Gasteiger partial charge in [0.05, 0.1) is 0 Å². The van der Waals surface area contributed by atoms with E-state index < -0.39 is 10.1 Å². The molecule has 0 aliphatic rings. The highest BCUT2D eigenvalue weighted by atomic mass is 32.2. The van der Waals surface area contributed by atoms with Gasteiger partial charge in [-0.25, -0.2) is 0 Å². The monoisotopic (exact) mass is 281 g/mol. The molecule has 0 saturated carbocycles. The molecule has 0 aliphatic heterocycles. The maximum Gasteiger partial charge on any atom is 0.295 e. The van der Waals surface area contributed by atoms with Gasteiger partial charge in [0.25, 0.3) is 10.1 Å². The number of azo groups is 1. The molecule has 0 heterocycles. The topological polar surface area (TPSA) is 125 Å². The van der Waals surface area contributed by atoms with Crippen molar-refractivity contribution in [2.24, 2.45) is 16.0 Å². The summed E-state index contributed by atoms with van der Waals surface area (Å²) in [6, 6.07) is 7.26. The summed E-state index contributed by atoms with van der Waals surface area (Å²) < 4.78 is 31.9. The molecule has 0 bridgehead atoms. The Labute approximate surface area is 109 Å². The number of hydrogen-bond donors (Lipinski definition) is 3. The van der Waals surface area contributed by atoms with Gasteiger partial charge in [-0.2, -0.15) is 18.6 Å². The Kier molecular flexibility index (Phi) is 3.47. The third-order valence-corrected chi connectivity index (χ3v) is 3.39. The number of phenols is 1. The minimum atomic E-state index is -4.44. The molecule has 19 heavy (non-hydrogen) atoms. The summed E-state index contributed by atoms with van der Waals surface area (Å²) >= 11 is 0. The highest BCUT2D eigenvalue weighted by Gasteiger charge is 2.19. The van der Waals surface area contributed by atoms with E-state index in [1.807, 2.05) is 0 Å². The van der Waals surface area contributed by atoms with E-state index in [0.29, 0.717) is 0 Å². The molecule has 8 heteroatoms. The van der Waals surface area contributed by atoms with Crippen LogP contribution in [0.5, 0.6) is 5.75 Å². The van der Waals surface area contributed by atoms with Crippen LogP contribution in [0.1, 0.15) is 0 Å². The Balaban J connectivity index is 2.88. The van der Waals surface area contributed by atoms with Crippen LogP contribution in [0.15, 0.2) is 45.5 Å². The van der Waals surface area contributed by atoms with E-state index in [9.17, 15) is 18.1 Å². The first kappa shape index (κ1) is 13.4. The zero-order chi connectivity index (χ0) is 14.0. The average Bonchev–Trinajstić information content (AvgIpc) is 2.37. The SMILES string of the molecule is NCN=Nc1cc(S(=O)(=O)O)c2ccccc2c1O. The lowest BCUT2D eigenvalue weighted by molar-refractivity contribution is 0.479. The predicted octanol–water partition coefficient (Wildman–Crippen LogP) is 1.79. The number of benzene rings is 2. The first-order chi connectivity index (χ1) is 8.95. The van der Waals surface area contributed by atoms with Gasteiger partial charge in [0.2, 0.25) is 0 Å². The first-order valence-electron chi connectivity index (χ1n) is 5.25. The summed E-state index contributed by atoms with van der Waals surface area (Å²) in [6.45, 7) is -0.104. The van der Waals surface area contributed by atoms with E-state index in [2.05, 4.69) is 10.2 Å². The van der Waals surface area contributed by atoms with E-state index in [0.717, 1.165) is 6.07 Å². The number of aromatic hydroxyl groups is 1. The lowest BCUT2D eigenvalue weighted by Gasteiger charge is -2.08. The van der Waals surface area contributed by atoms with Crippen molar-refractivity contribution in [2.75, 3.05) is 6.67 Å². The number of nitrogens with two attached hydrogens (primary N) is 1. The fourth-order valence-electron chi connectivity index (χ4n) is 1.72. The maximum atomic E-state index is 11.4. The van der Waals surface area contributed by atoms with Crippen LogP contribution in [0.4, 0.5) is 5.69 Å². The molecule has 0 aliphatic carbocycles. The van der Waals surface area contributed by atoms with Gasteiger partial charge in [-0.05, 0) is 6.07 Å². The number of fused-ring (bicyclic) bond motifs is 1. The molecule has 7 nitrogen and oxygen atoms in total. The van der Waals surface area contributed by atoms with Gasteiger partial charge in [-0.1, -0.05) is 24.3 Å². The summed E-state index contributed by atoms with van der Waals surface area (Å²) in [4.78, 5) is -0.341. The minimum absolute atomic E-state index is 0.0724. The van der Waals surface area contributed by atoms with Crippen molar-refractivity contribution in [1.29, 1.82) is 0 Å². The maximum absolute atomic E-state index is 11.4. The fourth-order valence-corrected chi connectivity index (χ4v) is 2.44. The summed E-state index contributed by atoms with van der Waals surface area (Å²) in [5, 5.41) is 17.6. The second kappa shape index (κ2) is 4.92. The number of rotatable bonds is 3. The molecule has 2 aromatic rings. The van der Waals surface area contributed by atoms with Crippen LogP contribution in [0.2, 0.25) is 0 Å². The predicted molar refractivity (Wildman–Crippen MR) is 69.0 cm³/mol. The largest absolute Gasteiger partial charge is 0.505 e. The highest BCUT2D eigenvalue weighted by molar-refractivity contribution is 7.86. The molecule has 0 fully saturated rings. The van der Waals surface area contributed by atoms with Crippen LogP contribution in [-0.4, -0.2) is 24.7 Å². The Bertz CT molecular complexity index is 756. The molecule has 2 rings (SSSR count). The molecule has 0 radical (unpaired) electrons. The zero-order valence-electron chi connectivity index (χ0n) is 9.68. The Hall–Kier alpha value is -2.03. The first-order valence-corrected chi connectivity index (χ1v) is 6.69. The van der Waals surface area contributed by atoms with Crippen molar-refractivity contribution in [3.63, 3.8) is 0 Å². The molecule has 0 atom stereocenters. The van der Waals surface area contributed by atoms with Crippen molar-refractivity contribution in [3.05, 3.63) is 30.3 Å². The molecular formula is C11H11N3O4S. The molecule has 0 spiro atoms. The molecular weight excluding hydrogens is 270 g/mol. The molecule has 0 aromatic heterocycles. The van der Waals surface area contributed by atoms with Crippen LogP contribution in [0.3, 0.4) is 0 Å². The second-order valence-electron chi connectivity index (χ2n) is 3.69.